The van der Waals surface area contributed by atoms with E-state index in [1.54, 1.807) is 12.1 Å². The van der Waals surface area contributed by atoms with Gasteiger partial charge in [-0.1, -0.05) is 80.6 Å². The highest BCUT2D eigenvalue weighted by Gasteiger charge is 2.13. The first kappa shape index (κ1) is 21.3. The summed E-state index contributed by atoms with van der Waals surface area (Å²) in [7, 11) is 0. The fraction of sp³-hybridized carbons (Fsp3) is 0.231. The molecule has 1 atom stereocenters. The highest BCUT2D eigenvalue weighted by molar-refractivity contribution is 5.96. The van der Waals surface area contributed by atoms with Gasteiger partial charge in [0.15, 0.2) is 0 Å². The standard InChI is InChI=1S/C26H28N2O2/c1-3-19-10-12-20(13-11-19)21-14-16-23(17-15-21)26(30)27-18-25(29)28-24(4-2)22-8-6-5-7-9-22/h5-17,24H,3-4,18H2,1-2H3,(H,27,30)(H,28,29). The molecular formula is C26H28N2O2. The average Bonchev–Trinajstić information content (AvgIpc) is 2.81. The number of carbonyl (C=O) groups is 2. The molecule has 0 fully saturated rings. The molecule has 0 heterocycles. The minimum Gasteiger partial charge on any atom is -0.348 e. The van der Waals surface area contributed by atoms with E-state index in [4.69, 9.17) is 0 Å². The van der Waals surface area contributed by atoms with E-state index in [0.29, 0.717) is 5.56 Å². The van der Waals surface area contributed by atoms with E-state index < -0.39 is 0 Å². The Kier molecular flexibility index (Phi) is 7.39. The normalized spacial score (nSPS) is 11.5. The fourth-order valence-electron chi connectivity index (χ4n) is 3.36. The second-order valence-corrected chi connectivity index (χ2v) is 7.25. The fourth-order valence-corrected chi connectivity index (χ4v) is 3.36. The van der Waals surface area contributed by atoms with Gasteiger partial charge < -0.3 is 10.6 Å². The number of hydrogen-bond donors (Lipinski definition) is 2. The Balaban J connectivity index is 1.54. The van der Waals surface area contributed by atoms with Gasteiger partial charge >= 0.3 is 0 Å². The molecule has 3 aromatic carbocycles. The quantitative estimate of drug-likeness (QED) is 0.564. The molecule has 0 aromatic heterocycles. The third-order valence-corrected chi connectivity index (χ3v) is 5.20. The molecule has 0 saturated carbocycles. The summed E-state index contributed by atoms with van der Waals surface area (Å²) in [6.07, 6.45) is 1.79. The van der Waals surface area contributed by atoms with Gasteiger partial charge in [-0.3, -0.25) is 9.59 Å². The first-order valence-electron chi connectivity index (χ1n) is 10.4. The van der Waals surface area contributed by atoms with Crippen LogP contribution in [0.4, 0.5) is 0 Å². The van der Waals surface area contributed by atoms with Crippen molar-refractivity contribution in [1.82, 2.24) is 10.6 Å². The summed E-state index contributed by atoms with van der Waals surface area (Å²) in [5.41, 5.74) is 5.06. The van der Waals surface area contributed by atoms with Gasteiger partial charge in [-0.2, -0.15) is 0 Å². The lowest BCUT2D eigenvalue weighted by molar-refractivity contribution is -0.120. The van der Waals surface area contributed by atoms with Gasteiger partial charge in [-0.15, -0.1) is 0 Å². The molecule has 1 unspecified atom stereocenters. The lowest BCUT2D eigenvalue weighted by atomic mass is 10.0. The molecule has 0 saturated heterocycles. The summed E-state index contributed by atoms with van der Waals surface area (Å²) in [5.74, 6) is -0.461. The van der Waals surface area contributed by atoms with Crippen molar-refractivity contribution in [3.63, 3.8) is 0 Å². The SMILES string of the molecule is CCc1ccc(-c2ccc(C(=O)NCC(=O)NC(CC)c3ccccc3)cc2)cc1. The number of benzene rings is 3. The zero-order chi connectivity index (χ0) is 21.3. The molecule has 2 N–H and O–H groups in total. The van der Waals surface area contributed by atoms with Crippen molar-refractivity contribution in [2.24, 2.45) is 0 Å². The van der Waals surface area contributed by atoms with Crippen molar-refractivity contribution in [3.8, 4) is 11.1 Å². The van der Waals surface area contributed by atoms with Crippen LogP contribution in [0.5, 0.6) is 0 Å². The number of rotatable bonds is 8. The Labute approximate surface area is 178 Å². The summed E-state index contributed by atoms with van der Waals surface area (Å²) in [5, 5.41) is 5.68. The van der Waals surface area contributed by atoms with E-state index in [1.807, 2.05) is 49.4 Å². The highest BCUT2D eigenvalue weighted by Crippen LogP contribution is 2.20. The third-order valence-electron chi connectivity index (χ3n) is 5.20. The number of carbonyl (C=O) groups excluding carboxylic acids is 2. The summed E-state index contributed by atoms with van der Waals surface area (Å²) in [6, 6.07) is 25.6. The molecule has 154 valence electrons. The van der Waals surface area contributed by atoms with Crippen LogP contribution in [0.1, 0.15) is 47.8 Å². The second kappa shape index (κ2) is 10.4. The first-order valence-corrected chi connectivity index (χ1v) is 10.4. The largest absolute Gasteiger partial charge is 0.348 e. The van der Waals surface area contributed by atoms with E-state index in [1.165, 1.54) is 5.56 Å². The monoisotopic (exact) mass is 400 g/mol. The van der Waals surface area contributed by atoms with E-state index in [0.717, 1.165) is 29.5 Å². The number of hydrogen-bond acceptors (Lipinski definition) is 2. The van der Waals surface area contributed by atoms with Gasteiger partial charge in [0.05, 0.1) is 12.6 Å². The van der Waals surface area contributed by atoms with Crippen molar-refractivity contribution in [2.75, 3.05) is 6.54 Å². The van der Waals surface area contributed by atoms with Crippen molar-refractivity contribution in [3.05, 3.63) is 95.6 Å². The lowest BCUT2D eigenvalue weighted by Gasteiger charge is -2.17. The van der Waals surface area contributed by atoms with Crippen LogP contribution in [0, 0.1) is 0 Å². The van der Waals surface area contributed by atoms with Crippen LogP contribution in [0.2, 0.25) is 0 Å². The molecule has 4 nitrogen and oxygen atoms in total. The Morgan fingerprint density at radius 2 is 1.40 bits per heavy atom. The Hall–Kier alpha value is -3.40. The molecule has 0 bridgehead atoms. The van der Waals surface area contributed by atoms with Crippen molar-refractivity contribution >= 4 is 11.8 Å². The van der Waals surface area contributed by atoms with Crippen LogP contribution in [0.3, 0.4) is 0 Å². The van der Waals surface area contributed by atoms with Gasteiger partial charge in [0.25, 0.3) is 5.91 Å². The summed E-state index contributed by atoms with van der Waals surface area (Å²) in [4.78, 5) is 24.7. The minimum absolute atomic E-state index is 0.0532. The molecule has 0 aliphatic rings. The number of amides is 2. The molecule has 3 rings (SSSR count). The zero-order valence-corrected chi connectivity index (χ0v) is 17.5. The maximum atomic E-state index is 12.4. The van der Waals surface area contributed by atoms with Crippen LogP contribution >= 0.6 is 0 Å². The van der Waals surface area contributed by atoms with Crippen LogP contribution in [-0.4, -0.2) is 18.4 Å². The van der Waals surface area contributed by atoms with Crippen LogP contribution in [0.25, 0.3) is 11.1 Å². The highest BCUT2D eigenvalue weighted by atomic mass is 16.2. The third kappa shape index (κ3) is 5.57. The Bertz CT molecular complexity index is 964. The number of aryl methyl sites for hydroxylation is 1. The van der Waals surface area contributed by atoms with Gasteiger partial charge in [0.1, 0.15) is 0 Å². The molecular weight excluding hydrogens is 372 g/mol. The molecule has 30 heavy (non-hydrogen) atoms. The molecule has 0 aliphatic heterocycles. The van der Waals surface area contributed by atoms with Crippen molar-refractivity contribution in [1.29, 1.82) is 0 Å². The van der Waals surface area contributed by atoms with Gasteiger partial charge in [-0.05, 0) is 47.2 Å². The van der Waals surface area contributed by atoms with Gasteiger partial charge in [0, 0.05) is 5.56 Å². The van der Waals surface area contributed by atoms with E-state index >= 15 is 0 Å². The lowest BCUT2D eigenvalue weighted by Crippen LogP contribution is -2.38. The molecule has 4 heteroatoms. The van der Waals surface area contributed by atoms with E-state index in [9.17, 15) is 9.59 Å². The Morgan fingerprint density at radius 1 is 0.800 bits per heavy atom. The second-order valence-electron chi connectivity index (χ2n) is 7.25. The smallest absolute Gasteiger partial charge is 0.251 e. The maximum Gasteiger partial charge on any atom is 0.251 e. The predicted molar refractivity (Wildman–Crippen MR) is 121 cm³/mol. The zero-order valence-electron chi connectivity index (χ0n) is 17.5. The molecule has 0 aliphatic carbocycles. The van der Waals surface area contributed by atoms with Crippen molar-refractivity contribution in [2.45, 2.75) is 32.7 Å². The maximum absolute atomic E-state index is 12.4. The van der Waals surface area contributed by atoms with E-state index in [2.05, 4.69) is 41.8 Å². The summed E-state index contributed by atoms with van der Waals surface area (Å²) in [6.45, 7) is 4.10. The van der Waals surface area contributed by atoms with Crippen LogP contribution < -0.4 is 10.6 Å². The number of nitrogens with one attached hydrogen (secondary N) is 2. The average molecular weight is 401 g/mol. The minimum atomic E-state index is -0.259. The van der Waals surface area contributed by atoms with Crippen molar-refractivity contribution < 1.29 is 9.59 Å². The van der Waals surface area contributed by atoms with Crippen LogP contribution in [0.15, 0.2) is 78.9 Å². The topological polar surface area (TPSA) is 58.2 Å². The van der Waals surface area contributed by atoms with Crippen LogP contribution in [-0.2, 0) is 11.2 Å². The summed E-state index contributed by atoms with van der Waals surface area (Å²) < 4.78 is 0. The van der Waals surface area contributed by atoms with Gasteiger partial charge in [0.2, 0.25) is 5.91 Å². The summed E-state index contributed by atoms with van der Waals surface area (Å²) >= 11 is 0. The van der Waals surface area contributed by atoms with E-state index in [-0.39, 0.29) is 24.4 Å². The molecule has 3 aromatic rings. The predicted octanol–water partition coefficient (Wildman–Crippen LogP) is 4.91. The first-order chi connectivity index (χ1) is 14.6. The Morgan fingerprint density at radius 3 is 1.97 bits per heavy atom. The molecule has 2 amide bonds. The molecule has 0 spiro atoms. The van der Waals surface area contributed by atoms with Gasteiger partial charge in [-0.25, -0.2) is 0 Å². The molecule has 0 radical (unpaired) electrons.